The molecular weight excluding hydrogens is 652 g/mol. The van der Waals surface area contributed by atoms with Crippen LogP contribution in [0.4, 0.5) is 0 Å². The van der Waals surface area contributed by atoms with Gasteiger partial charge in [-0.3, -0.25) is 19.2 Å². The first kappa shape index (κ1) is 36.4. The Morgan fingerprint density at radius 2 is 1.42 bits per heavy atom. The minimum atomic E-state index is -2.39. The van der Waals surface area contributed by atoms with Crippen LogP contribution in [0.1, 0.15) is 63.9 Å². The van der Waals surface area contributed by atoms with Crippen LogP contribution in [0.15, 0.2) is 66.7 Å². The van der Waals surface area contributed by atoms with E-state index in [0.717, 1.165) is 26.8 Å². The van der Waals surface area contributed by atoms with Crippen LogP contribution in [0.2, 0.25) is 0 Å². The maximum absolute atomic E-state index is 14.9. The van der Waals surface area contributed by atoms with Crippen molar-refractivity contribution < 1.29 is 62.3 Å². The van der Waals surface area contributed by atoms with Crippen LogP contribution < -0.4 is 0 Å². The molecule has 8 unspecified atom stereocenters. The summed E-state index contributed by atoms with van der Waals surface area (Å²) in [6, 6.07) is 16.5. The summed E-state index contributed by atoms with van der Waals surface area (Å²) in [5.74, 6) is -6.67. The Kier molecular flexibility index (Phi) is 9.79. The van der Waals surface area contributed by atoms with Crippen molar-refractivity contribution in [3.63, 3.8) is 0 Å². The zero-order chi connectivity index (χ0) is 36.6. The molecule has 8 atom stereocenters. The van der Waals surface area contributed by atoms with Gasteiger partial charge in [0.2, 0.25) is 0 Å². The van der Waals surface area contributed by atoms with Gasteiger partial charge >= 0.3 is 29.8 Å². The average molecular weight is 693 g/mol. The molecule has 3 aliphatic rings. The summed E-state index contributed by atoms with van der Waals surface area (Å²) in [4.78, 5) is 80.3. The van der Waals surface area contributed by atoms with Gasteiger partial charge in [0.15, 0.2) is 23.6 Å². The quantitative estimate of drug-likeness (QED) is 0.231. The third-order valence-corrected chi connectivity index (χ3v) is 9.66. The molecule has 0 radical (unpaired) electrons. The third kappa shape index (κ3) is 6.20. The Morgan fingerprint density at radius 1 is 0.820 bits per heavy atom. The zero-order valence-electron chi connectivity index (χ0n) is 28.6. The number of ether oxygens (including phenoxy) is 6. The molecule has 50 heavy (non-hydrogen) atoms. The molecule has 2 aliphatic carbocycles. The van der Waals surface area contributed by atoms with E-state index < -0.39 is 101 Å². The largest absolute Gasteiger partial charge is 0.465 e. The molecule has 3 fully saturated rings. The van der Waals surface area contributed by atoms with E-state index in [2.05, 4.69) is 0 Å². The molecule has 2 bridgehead atoms. The molecule has 1 aliphatic heterocycles. The normalized spacial score (nSPS) is 32.4. The SMILES string of the molecule is CC(=O)OCC12C(OC(=O)c3ccccc3)C(=O)C3C(OC(C)=O)C1(OC3(C)C)C(C)(O)CC(OC(C)=O)C2OC(=O)C=Cc1ccccc1. The van der Waals surface area contributed by atoms with Crippen LogP contribution in [-0.2, 0) is 52.4 Å². The summed E-state index contributed by atoms with van der Waals surface area (Å²) in [6.45, 7) is 6.80. The fraction of sp³-hybridized carbons (Fsp3) is 0.459. The van der Waals surface area contributed by atoms with E-state index in [1.807, 2.05) is 0 Å². The predicted molar refractivity (Wildman–Crippen MR) is 173 cm³/mol. The Morgan fingerprint density at radius 3 is 2.00 bits per heavy atom. The number of fused-ring (bicyclic) bond motifs is 1. The number of ketones is 1. The van der Waals surface area contributed by atoms with E-state index >= 15 is 0 Å². The van der Waals surface area contributed by atoms with E-state index in [4.69, 9.17) is 28.4 Å². The maximum Gasteiger partial charge on any atom is 0.338 e. The second-order valence-electron chi connectivity index (χ2n) is 13.6. The van der Waals surface area contributed by atoms with E-state index in [-0.39, 0.29) is 5.56 Å². The first-order valence-electron chi connectivity index (χ1n) is 16.1. The van der Waals surface area contributed by atoms with Gasteiger partial charge in [-0.1, -0.05) is 48.5 Å². The van der Waals surface area contributed by atoms with E-state index in [9.17, 15) is 33.9 Å². The summed E-state index contributed by atoms with van der Waals surface area (Å²) in [6.07, 6.45) is -4.80. The summed E-state index contributed by atoms with van der Waals surface area (Å²) in [5, 5.41) is 12.6. The zero-order valence-corrected chi connectivity index (χ0v) is 28.6. The molecule has 13 heteroatoms. The Hall–Kier alpha value is -4.88. The number of Topliss-reactive ketones (excluding diaryl/α,β-unsaturated/α-hetero) is 1. The average Bonchev–Trinajstić information content (AvgIpc) is 3.25. The number of carbonyl (C=O) groups is 6. The van der Waals surface area contributed by atoms with E-state index in [0.29, 0.717) is 5.56 Å². The highest BCUT2D eigenvalue weighted by molar-refractivity contribution is 5.96. The third-order valence-electron chi connectivity index (χ3n) is 9.66. The van der Waals surface area contributed by atoms with Gasteiger partial charge in [-0.05, 0) is 44.5 Å². The van der Waals surface area contributed by atoms with Crippen LogP contribution in [0.5, 0.6) is 0 Å². The number of benzene rings is 2. The Labute approximate surface area is 288 Å². The minimum Gasteiger partial charge on any atom is -0.465 e. The molecule has 0 aromatic heterocycles. The highest BCUT2D eigenvalue weighted by Crippen LogP contribution is 2.68. The first-order chi connectivity index (χ1) is 23.5. The lowest BCUT2D eigenvalue weighted by atomic mass is 9.46. The maximum atomic E-state index is 14.9. The monoisotopic (exact) mass is 692 g/mol. The molecule has 266 valence electrons. The minimum absolute atomic E-state index is 0.0464. The van der Waals surface area contributed by atoms with Crippen LogP contribution in [0.25, 0.3) is 6.08 Å². The van der Waals surface area contributed by atoms with Gasteiger partial charge in [0.1, 0.15) is 24.2 Å². The summed E-state index contributed by atoms with van der Waals surface area (Å²) in [5.41, 5.74) is -7.68. The summed E-state index contributed by atoms with van der Waals surface area (Å²) in [7, 11) is 0. The molecule has 13 nitrogen and oxygen atoms in total. The van der Waals surface area contributed by atoms with Gasteiger partial charge in [-0.15, -0.1) is 0 Å². The van der Waals surface area contributed by atoms with Crippen molar-refractivity contribution in [1.29, 1.82) is 0 Å². The molecule has 2 aromatic rings. The lowest BCUT2D eigenvalue weighted by Crippen LogP contribution is -2.85. The van der Waals surface area contributed by atoms with Crippen molar-refractivity contribution in [3.8, 4) is 0 Å². The molecule has 1 heterocycles. The number of carbonyl (C=O) groups excluding carboxylic acids is 6. The van der Waals surface area contributed by atoms with Gasteiger partial charge in [-0.25, -0.2) is 9.59 Å². The smallest absolute Gasteiger partial charge is 0.338 e. The second kappa shape index (κ2) is 13.4. The molecular formula is C37H40O13. The predicted octanol–water partition coefficient (Wildman–Crippen LogP) is 3.15. The number of rotatable bonds is 9. The van der Waals surface area contributed by atoms with Crippen LogP contribution in [0, 0.1) is 11.3 Å². The lowest BCUT2D eigenvalue weighted by Gasteiger charge is -2.65. The summed E-state index contributed by atoms with van der Waals surface area (Å²) < 4.78 is 36.0. The van der Waals surface area contributed by atoms with Crippen LogP contribution in [0.3, 0.4) is 0 Å². The topological polar surface area (TPSA) is 178 Å². The van der Waals surface area contributed by atoms with E-state index in [1.54, 1.807) is 48.5 Å². The van der Waals surface area contributed by atoms with Gasteiger partial charge in [-0.2, -0.15) is 0 Å². The van der Waals surface area contributed by atoms with Crippen molar-refractivity contribution in [2.75, 3.05) is 6.61 Å². The van der Waals surface area contributed by atoms with Crippen molar-refractivity contribution in [2.24, 2.45) is 11.3 Å². The van der Waals surface area contributed by atoms with Gasteiger partial charge in [0.25, 0.3) is 0 Å². The second-order valence-corrected chi connectivity index (χ2v) is 13.6. The van der Waals surface area contributed by atoms with Crippen molar-refractivity contribution in [3.05, 3.63) is 77.9 Å². The number of aliphatic hydroxyl groups is 1. The standard InChI is InChI=1S/C37H40O13/c1-21(38)45-20-36-30(48-27(41)18-17-24-13-9-7-10-14-24)26(46-22(2)39)19-35(6,44)37(36)31(47-23(3)40)28(34(4,5)50-37)29(42)32(36)49-33(43)25-15-11-8-12-16-25/h7-18,26,28,30-32,44H,19-20H2,1-6H3. The summed E-state index contributed by atoms with van der Waals surface area (Å²) >= 11 is 0. The molecule has 2 saturated carbocycles. The molecule has 5 rings (SSSR count). The number of hydrogen-bond acceptors (Lipinski definition) is 13. The molecule has 1 spiro atoms. The Bertz CT molecular complexity index is 1700. The van der Waals surface area contributed by atoms with Gasteiger partial charge < -0.3 is 33.5 Å². The number of hydrogen-bond donors (Lipinski definition) is 1. The fourth-order valence-electron chi connectivity index (χ4n) is 7.98. The van der Waals surface area contributed by atoms with Crippen molar-refractivity contribution in [2.45, 2.75) is 89.2 Å². The molecule has 1 N–H and O–H groups in total. The molecule has 0 amide bonds. The molecule has 1 saturated heterocycles. The fourth-order valence-corrected chi connectivity index (χ4v) is 7.98. The highest BCUT2D eigenvalue weighted by atomic mass is 16.6. The van der Waals surface area contributed by atoms with Gasteiger partial charge in [0.05, 0.1) is 22.7 Å². The Balaban J connectivity index is 1.81. The van der Waals surface area contributed by atoms with Crippen molar-refractivity contribution >= 4 is 41.7 Å². The van der Waals surface area contributed by atoms with Crippen LogP contribution in [-0.4, -0.2) is 88.6 Å². The van der Waals surface area contributed by atoms with Gasteiger partial charge in [0, 0.05) is 33.3 Å². The number of esters is 5. The van der Waals surface area contributed by atoms with E-state index in [1.165, 1.54) is 39.0 Å². The molecule has 2 aromatic carbocycles. The lowest BCUT2D eigenvalue weighted by molar-refractivity contribution is -0.350. The first-order valence-corrected chi connectivity index (χ1v) is 16.1. The highest BCUT2D eigenvalue weighted by Gasteiger charge is 2.88. The van der Waals surface area contributed by atoms with Crippen LogP contribution >= 0.6 is 0 Å². The van der Waals surface area contributed by atoms with Crippen molar-refractivity contribution in [1.82, 2.24) is 0 Å².